The van der Waals surface area contributed by atoms with Crippen molar-refractivity contribution < 1.29 is 14.1 Å². The number of ether oxygens (including phenoxy) is 1. The first-order valence-corrected chi connectivity index (χ1v) is 9.48. The Labute approximate surface area is 162 Å². The summed E-state index contributed by atoms with van der Waals surface area (Å²) in [6.07, 6.45) is 5.12. The summed E-state index contributed by atoms with van der Waals surface area (Å²) in [5.74, 6) is 1.10. The summed E-state index contributed by atoms with van der Waals surface area (Å²) in [4.78, 5) is 19.5. The van der Waals surface area contributed by atoms with Crippen LogP contribution in [0.15, 0.2) is 41.1 Å². The molecule has 8 heteroatoms. The molecule has 8 nitrogen and oxygen atoms in total. The number of carbonyl (C=O) groups excluding carboxylic acids is 1. The van der Waals surface area contributed by atoms with Crippen LogP contribution in [0.3, 0.4) is 0 Å². The van der Waals surface area contributed by atoms with Gasteiger partial charge in [0.2, 0.25) is 5.89 Å². The monoisotopic (exact) mass is 381 g/mol. The zero-order valence-corrected chi connectivity index (χ0v) is 15.8. The molecule has 3 heterocycles. The Morgan fingerprint density at radius 2 is 2.14 bits per heavy atom. The van der Waals surface area contributed by atoms with Crippen LogP contribution in [0, 0.1) is 0 Å². The average molecular weight is 381 g/mol. The normalized spacial score (nSPS) is 17.0. The molecule has 1 aliphatic rings. The van der Waals surface area contributed by atoms with Crippen molar-refractivity contribution in [3.8, 4) is 11.3 Å². The Bertz CT molecular complexity index is 904. The van der Waals surface area contributed by atoms with E-state index in [0.29, 0.717) is 36.9 Å². The number of likely N-dealkylation sites (tertiary alicyclic amines) is 1. The first-order valence-electron chi connectivity index (χ1n) is 9.48. The molecular formula is C20H23N5O3. The zero-order valence-electron chi connectivity index (χ0n) is 15.8. The predicted octanol–water partition coefficient (Wildman–Crippen LogP) is 3.02. The van der Waals surface area contributed by atoms with Crippen molar-refractivity contribution in [2.45, 2.75) is 31.7 Å². The average Bonchev–Trinajstić information content (AvgIpc) is 3.44. The molecule has 1 unspecified atom stereocenters. The van der Waals surface area contributed by atoms with E-state index in [9.17, 15) is 4.79 Å². The van der Waals surface area contributed by atoms with E-state index in [1.807, 2.05) is 35.2 Å². The van der Waals surface area contributed by atoms with Crippen molar-refractivity contribution in [3.63, 3.8) is 0 Å². The lowest BCUT2D eigenvalue weighted by molar-refractivity contribution is 0.0561. The van der Waals surface area contributed by atoms with Gasteiger partial charge in [-0.3, -0.25) is 9.89 Å². The molecule has 1 aromatic carbocycles. The first-order chi connectivity index (χ1) is 13.8. The molecule has 1 N–H and O–H groups in total. The molecule has 0 radical (unpaired) electrons. The summed E-state index contributed by atoms with van der Waals surface area (Å²) in [5, 5.41) is 10.9. The SMILES string of the molecule is COCCc1noc(C2CCCCN2C(=O)c2ccc(-c3ccn[nH]3)cc2)n1. The third kappa shape index (κ3) is 3.82. The Kier molecular flexibility index (Phi) is 5.48. The number of aromatic amines is 1. The van der Waals surface area contributed by atoms with E-state index >= 15 is 0 Å². The highest BCUT2D eigenvalue weighted by Gasteiger charge is 2.32. The van der Waals surface area contributed by atoms with Gasteiger partial charge in [0.15, 0.2) is 5.82 Å². The van der Waals surface area contributed by atoms with E-state index in [1.165, 1.54) is 0 Å². The van der Waals surface area contributed by atoms with Crippen molar-refractivity contribution in [3.05, 3.63) is 53.8 Å². The van der Waals surface area contributed by atoms with Gasteiger partial charge in [-0.25, -0.2) is 0 Å². The summed E-state index contributed by atoms with van der Waals surface area (Å²) in [5.41, 5.74) is 2.56. The zero-order chi connectivity index (χ0) is 19.3. The molecule has 0 saturated carbocycles. The Morgan fingerprint density at radius 1 is 1.29 bits per heavy atom. The molecule has 0 bridgehead atoms. The van der Waals surface area contributed by atoms with E-state index in [2.05, 4.69) is 20.3 Å². The number of nitrogens with one attached hydrogen (secondary N) is 1. The molecule has 146 valence electrons. The van der Waals surface area contributed by atoms with Crippen LogP contribution in [0.4, 0.5) is 0 Å². The molecule has 28 heavy (non-hydrogen) atoms. The highest BCUT2D eigenvalue weighted by atomic mass is 16.5. The highest BCUT2D eigenvalue weighted by Crippen LogP contribution is 2.31. The summed E-state index contributed by atoms with van der Waals surface area (Å²) in [6.45, 7) is 1.22. The molecule has 0 aliphatic carbocycles. The second-order valence-corrected chi connectivity index (χ2v) is 6.85. The van der Waals surface area contributed by atoms with Crippen LogP contribution in [-0.4, -0.2) is 51.4 Å². The molecule has 1 amide bonds. The largest absolute Gasteiger partial charge is 0.384 e. The lowest BCUT2D eigenvalue weighted by Crippen LogP contribution is -2.38. The topological polar surface area (TPSA) is 97.1 Å². The number of benzene rings is 1. The second-order valence-electron chi connectivity index (χ2n) is 6.85. The van der Waals surface area contributed by atoms with Crippen molar-refractivity contribution >= 4 is 5.91 Å². The Morgan fingerprint density at radius 3 is 2.89 bits per heavy atom. The fourth-order valence-electron chi connectivity index (χ4n) is 3.50. The molecule has 0 spiro atoms. The lowest BCUT2D eigenvalue weighted by atomic mass is 10.00. The van der Waals surface area contributed by atoms with Crippen molar-refractivity contribution in [2.24, 2.45) is 0 Å². The minimum absolute atomic E-state index is 0.0162. The van der Waals surface area contributed by atoms with Crippen LogP contribution < -0.4 is 0 Å². The van der Waals surface area contributed by atoms with E-state index in [4.69, 9.17) is 9.26 Å². The highest BCUT2D eigenvalue weighted by molar-refractivity contribution is 5.95. The lowest BCUT2D eigenvalue weighted by Gasteiger charge is -2.33. The number of hydrogen-bond donors (Lipinski definition) is 1. The Balaban J connectivity index is 1.52. The summed E-state index contributed by atoms with van der Waals surface area (Å²) in [7, 11) is 1.64. The maximum absolute atomic E-state index is 13.2. The number of piperidine rings is 1. The van der Waals surface area contributed by atoms with E-state index in [0.717, 1.165) is 30.5 Å². The molecule has 1 aliphatic heterocycles. The van der Waals surface area contributed by atoms with Crippen molar-refractivity contribution in [2.75, 3.05) is 20.3 Å². The fourth-order valence-corrected chi connectivity index (χ4v) is 3.50. The fraction of sp³-hybridized carbons (Fsp3) is 0.400. The van der Waals surface area contributed by atoms with Gasteiger partial charge >= 0.3 is 0 Å². The molecule has 3 aromatic rings. The number of amides is 1. The van der Waals surface area contributed by atoms with Crippen LogP contribution in [0.25, 0.3) is 11.3 Å². The van der Waals surface area contributed by atoms with Gasteiger partial charge in [-0.2, -0.15) is 10.1 Å². The van der Waals surface area contributed by atoms with Gasteiger partial charge < -0.3 is 14.2 Å². The molecule has 1 fully saturated rings. The van der Waals surface area contributed by atoms with E-state index < -0.39 is 0 Å². The number of rotatable bonds is 6. The number of aromatic nitrogens is 4. The van der Waals surface area contributed by atoms with Gasteiger partial charge in [0.25, 0.3) is 5.91 Å². The van der Waals surface area contributed by atoms with Crippen molar-refractivity contribution in [1.29, 1.82) is 0 Å². The summed E-state index contributed by atoms with van der Waals surface area (Å²) >= 11 is 0. The van der Waals surface area contributed by atoms with Gasteiger partial charge in [-0.1, -0.05) is 17.3 Å². The summed E-state index contributed by atoms with van der Waals surface area (Å²) < 4.78 is 10.5. The van der Waals surface area contributed by atoms with Crippen molar-refractivity contribution in [1.82, 2.24) is 25.2 Å². The van der Waals surface area contributed by atoms with Crippen LogP contribution in [0.1, 0.15) is 47.4 Å². The standard InChI is InChI=1S/C20H23N5O3/c1-27-13-10-18-22-19(28-24-18)17-4-2-3-12-25(17)20(26)15-7-5-14(6-8-15)16-9-11-21-23-16/h5-9,11,17H,2-4,10,12-13H2,1H3,(H,21,23). The Hall–Kier alpha value is -3.00. The number of carbonyl (C=O) groups is 1. The van der Waals surface area contributed by atoms with Gasteiger partial charge in [0.05, 0.1) is 12.3 Å². The van der Waals surface area contributed by atoms with Gasteiger partial charge in [-0.15, -0.1) is 0 Å². The van der Waals surface area contributed by atoms with Crippen LogP contribution in [0.5, 0.6) is 0 Å². The van der Waals surface area contributed by atoms with Crippen LogP contribution in [0.2, 0.25) is 0 Å². The van der Waals surface area contributed by atoms with Gasteiger partial charge in [-0.05, 0) is 43.0 Å². The minimum Gasteiger partial charge on any atom is -0.384 e. The maximum Gasteiger partial charge on any atom is 0.254 e. The van der Waals surface area contributed by atoms with Crippen LogP contribution in [-0.2, 0) is 11.2 Å². The smallest absolute Gasteiger partial charge is 0.254 e. The molecular weight excluding hydrogens is 358 g/mol. The maximum atomic E-state index is 13.2. The predicted molar refractivity (Wildman–Crippen MR) is 102 cm³/mol. The van der Waals surface area contributed by atoms with E-state index in [1.54, 1.807) is 13.3 Å². The van der Waals surface area contributed by atoms with Crippen LogP contribution >= 0.6 is 0 Å². The first kappa shape index (κ1) is 18.4. The number of H-pyrrole nitrogens is 1. The molecule has 2 aromatic heterocycles. The molecule has 1 atom stereocenters. The third-order valence-electron chi connectivity index (χ3n) is 5.01. The van der Waals surface area contributed by atoms with Gasteiger partial charge in [0, 0.05) is 31.8 Å². The summed E-state index contributed by atoms with van der Waals surface area (Å²) in [6, 6.07) is 9.26. The number of hydrogen-bond acceptors (Lipinski definition) is 6. The van der Waals surface area contributed by atoms with E-state index in [-0.39, 0.29) is 11.9 Å². The molecule has 1 saturated heterocycles. The minimum atomic E-state index is -0.183. The molecule has 4 rings (SSSR count). The quantitative estimate of drug-likeness (QED) is 0.705. The number of methoxy groups -OCH3 is 1. The van der Waals surface area contributed by atoms with Gasteiger partial charge in [0.1, 0.15) is 6.04 Å². The second kappa shape index (κ2) is 8.35. The number of nitrogens with zero attached hydrogens (tertiary/aromatic N) is 4. The third-order valence-corrected chi connectivity index (χ3v) is 5.01.